The van der Waals surface area contributed by atoms with Gasteiger partial charge in [-0.15, -0.1) is 0 Å². The number of halogens is 3. The molecule has 8 heteroatoms. The molecule has 0 aliphatic heterocycles. The fourth-order valence-electron chi connectivity index (χ4n) is 1.79. The molecule has 5 nitrogen and oxygen atoms in total. The summed E-state index contributed by atoms with van der Waals surface area (Å²) in [6, 6.07) is 8.50. The molecule has 0 spiro atoms. The summed E-state index contributed by atoms with van der Waals surface area (Å²) >= 11 is 6.43. The van der Waals surface area contributed by atoms with Gasteiger partial charge < -0.3 is 10.4 Å². The number of anilines is 1. The molecule has 0 fully saturated rings. The van der Waals surface area contributed by atoms with E-state index in [1.165, 1.54) is 18.3 Å². The van der Waals surface area contributed by atoms with Crippen LogP contribution >= 0.6 is 31.9 Å². The second-order valence-electron chi connectivity index (χ2n) is 4.94. The Morgan fingerprint density at radius 1 is 1.25 bits per heavy atom. The highest BCUT2D eigenvalue weighted by atomic mass is 79.9. The maximum absolute atomic E-state index is 12.8. The number of phenols is 1. The summed E-state index contributed by atoms with van der Waals surface area (Å²) in [5.74, 6) is -0.589. The zero-order valence-corrected chi connectivity index (χ0v) is 15.7. The number of carbonyl (C=O) groups excluding carboxylic acids is 1. The van der Waals surface area contributed by atoms with Crippen LogP contribution in [0.15, 0.2) is 50.4 Å². The first-order valence-electron chi connectivity index (χ1n) is 6.90. The summed E-state index contributed by atoms with van der Waals surface area (Å²) in [5.41, 5.74) is 3.74. The Hall–Kier alpha value is -1.93. The fraction of sp³-hybridized carbons (Fsp3) is 0.125. The molecule has 1 unspecified atom stereocenters. The highest BCUT2D eigenvalue weighted by Gasteiger charge is 2.11. The Bertz CT molecular complexity index is 743. The lowest BCUT2D eigenvalue weighted by Gasteiger charge is -2.13. The first kappa shape index (κ1) is 18.4. The number of hydrazone groups is 1. The fourth-order valence-corrected chi connectivity index (χ4v) is 3.01. The number of phenolic OH excluding ortho intramolecular Hbond substituents is 1. The van der Waals surface area contributed by atoms with Gasteiger partial charge in [-0.3, -0.25) is 4.79 Å². The number of rotatable bonds is 5. The summed E-state index contributed by atoms with van der Waals surface area (Å²) < 4.78 is 13.9. The second kappa shape index (κ2) is 8.25. The first-order chi connectivity index (χ1) is 11.4. The van der Waals surface area contributed by atoms with Gasteiger partial charge in [0.05, 0.1) is 15.2 Å². The number of carbonyl (C=O) groups is 1. The highest BCUT2D eigenvalue weighted by molar-refractivity contribution is 9.11. The number of amides is 1. The van der Waals surface area contributed by atoms with Crippen LogP contribution in [0.2, 0.25) is 0 Å². The van der Waals surface area contributed by atoms with E-state index in [1.807, 2.05) is 0 Å². The van der Waals surface area contributed by atoms with E-state index in [0.717, 1.165) is 0 Å². The molecule has 0 aromatic heterocycles. The van der Waals surface area contributed by atoms with E-state index < -0.39 is 6.04 Å². The molecule has 2 rings (SSSR count). The Balaban J connectivity index is 1.93. The molecular weight excluding hydrogens is 445 g/mol. The molecule has 126 valence electrons. The van der Waals surface area contributed by atoms with Crippen molar-refractivity contribution >= 4 is 49.7 Å². The van der Waals surface area contributed by atoms with Crippen LogP contribution in [-0.4, -0.2) is 23.3 Å². The van der Waals surface area contributed by atoms with Crippen LogP contribution in [-0.2, 0) is 4.79 Å². The van der Waals surface area contributed by atoms with Crippen molar-refractivity contribution in [1.29, 1.82) is 0 Å². The van der Waals surface area contributed by atoms with Gasteiger partial charge in [-0.2, -0.15) is 5.10 Å². The van der Waals surface area contributed by atoms with Gasteiger partial charge in [0.2, 0.25) is 0 Å². The molecule has 1 amide bonds. The van der Waals surface area contributed by atoms with Gasteiger partial charge in [0.25, 0.3) is 5.91 Å². The lowest BCUT2D eigenvalue weighted by atomic mass is 10.2. The van der Waals surface area contributed by atoms with Crippen molar-refractivity contribution in [1.82, 2.24) is 5.43 Å². The number of benzene rings is 2. The Labute approximate surface area is 155 Å². The number of hydrogen-bond acceptors (Lipinski definition) is 4. The van der Waals surface area contributed by atoms with Crippen LogP contribution in [0.1, 0.15) is 12.5 Å². The van der Waals surface area contributed by atoms with Gasteiger partial charge in [-0.05, 0) is 80.7 Å². The van der Waals surface area contributed by atoms with E-state index in [2.05, 4.69) is 47.7 Å². The van der Waals surface area contributed by atoms with Crippen LogP contribution in [0.3, 0.4) is 0 Å². The standard InChI is InChI=1S/C16H14Br2FN3O2/c1-9(21-12-4-2-11(19)3-5-12)16(24)22-20-8-10-6-13(17)15(23)14(18)7-10/h2-9,21,23H,1H3,(H,22,24). The zero-order valence-electron chi connectivity index (χ0n) is 12.6. The number of aromatic hydroxyl groups is 1. The van der Waals surface area contributed by atoms with Gasteiger partial charge in [-0.1, -0.05) is 0 Å². The van der Waals surface area contributed by atoms with E-state index in [0.29, 0.717) is 20.2 Å². The third-order valence-corrected chi connectivity index (χ3v) is 4.26. The quantitative estimate of drug-likeness (QED) is 0.468. The van der Waals surface area contributed by atoms with Crippen molar-refractivity contribution in [3.05, 3.63) is 56.7 Å². The molecule has 0 bridgehead atoms. The molecule has 24 heavy (non-hydrogen) atoms. The summed E-state index contributed by atoms with van der Waals surface area (Å²) in [6.07, 6.45) is 1.46. The normalized spacial score (nSPS) is 12.2. The minimum Gasteiger partial charge on any atom is -0.506 e. The topological polar surface area (TPSA) is 73.7 Å². The SMILES string of the molecule is CC(Nc1ccc(F)cc1)C(=O)NN=Cc1cc(Br)c(O)c(Br)c1. The van der Waals surface area contributed by atoms with Crippen LogP contribution in [0, 0.1) is 5.82 Å². The minimum atomic E-state index is -0.550. The summed E-state index contributed by atoms with van der Waals surface area (Å²) in [5, 5.41) is 16.5. The molecule has 0 radical (unpaired) electrons. The monoisotopic (exact) mass is 457 g/mol. The Morgan fingerprint density at radius 2 is 1.83 bits per heavy atom. The Morgan fingerprint density at radius 3 is 2.42 bits per heavy atom. The predicted molar refractivity (Wildman–Crippen MR) is 98.7 cm³/mol. The van der Waals surface area contributed by atoms with Crippen molar-refractivity contribution < 1.29 is 14.3 Å². The van der Waals surface area contributed by atoms with Gasteiger partial charge in [0.15, 0.2) is 0 Å². The summed E-state index contributed by atoms with van der Waals surface area (Å²) in [6.45, 7) is 1.67. The average molecular weight is 459 g/mol. The maximum Gasteiger partial charge on any atom is 0.262 e. The van der Waals surface area contributed by atoms with E-state index in [9.17, 15) is 14.3 Å². The smallest absolute Gasteiger partial charge is 0.262 e. The molecular formula is C16H14Br2FN3O2. The summed E-state index contributed by atoms with van der Waals surface area (Å²) in [4.78, 5) is 12.0. The van der Waals surface area contributed by atoms with E-state index in [4.69, 9.17) is 0 Å². The van der Waals surface area contributed by atoms with Gasteiger partial charge in [0.1, 0.15) is 17.6 Å². The molecule has 0 aliphatic carbocycles. The predicted octanol–water partition coefficient (Wildman–Crippen LogP) is 4.01. The van der Waals surface area contributed by atoms with Gasteiger partial charge in [0, 0.05) is 5.69 Å². The highest BCUT2D eigenvalue weighted by Crippen LogP contribution is 2.32. The van der Waals surface area contributed by atoms with E-state index in [-0.39, 0.29) is 17.5 Å². The number of hydrogen-bond donors (Lipinski definition) is 3. The van der Waals surface area contributed by atoms with Crippen LogP contribution in [0.25, 0.3) is 0 Å². The van der Waals surface area contributed by atoms with Crippen molar-refractivity contribution in [2.75, 3.05) is 5.32 Å². The van der Waals surface area contributed by atoms with Crippen LogP contribution in [0.5, 0.6) is 5.75 Å². The molecule has 0 saturated carbocycles. The number of nitrogens with one attached hydrogen (secondary N) is 2. The molecule has 2 aromatic rings. The second-order valence-corrected chi connectivity index (χ2v) is 6.65. The average Bonchev–Trinajstić information content (AvgIpc) is 2.54. The van der Waals surface area contributed by atoms with Crippen molar-refractivity contribution in [3.8, 4) is 5.75 Å². The Kier molecular flexibility index (Phi) is 6.33. The maximum atomic E-state index is 12.8. The third-order valence-electron chi connectivity index (χ3n) is 3.05. The third kappa shape index (κ3) is 5.04. The molecule has 0 heterocycles. The summed E-state index contributed by atoms with van der Waals surface area (Å²) in [7, 11) is 0. The first-order valence-corrected chi connectivity index (χ1v) is 8.48. The zero-order chi connectivity index (χ0) is 17.7. The van der Waals surface area contributed by atoms with Gasteiger partial charge >= 0.3 is 0 Å². The molecule has 3 N–H and O–H groups in total. The van der Waals surface area contributed by atoms with Crippen LogP contribution in [0.4, 0.5) is 10.1 Å². The van der Waals surface area contributed by atoms with E-state index in [1.54, 1.807) is 31.2 Å². The van der Waals surface area contributed by atoms with Crippen molar-refractivity contribution in [3.63, 3.8) is 0 Å². The lowest BCUT2D eigenvalue weighted by Crippen LogP contribution is -2.34. The van der Waals surface area contributed by atoms with E-state index >= 15 is 0 Å². The molecule has 2 aromatic carbocycles. The van der Waals surface area contributed by atoms with Crippen molar-refractivity contribution in [2.45, 2.75) is 13.0 Å². The molecule has 1 atom stereocenters. The number of nitrogens with zero attached hydrogens (tertiary/aromatic N) is 1. The lowest BCUT2D eigenvalue weighted by molar-refractivity contribution is -0.121. The van der Waals surface area contributed by atoms with Gasteiger partial charge in [-0.25, -0.2) is 9.82 Å². The molecule has 0 saturated heterocycles. The molecule has 0 aliphatic rings. The largest absolute Gasteiger partial charge is 0.506 e. The van der Waals surface area contributed by atoms with Crippen LogP contribution < -0.4 is 10.7 Å². The minimum absolute atomic E-state index is 0.0910. The van der Waals surface area contributed by atoms with Crippen molar-refractivity contribution in [2.24, 2.45) is 5.10 Å².